The van der Waals surface area contributed by atoms with E-state index in [2.05, 4.69) is 10.0 Å². The maximum Gasteiger partial charge on any atom is 0.257 e. The van der Waals surface area contributed by atoms with E-state index >= 15 is 0 Å². The lowest BCUT2D eigenvalue weighted by Gasteiger charge is -2.12. The van der Waals surface area contributed by atoms with Crippen LogP contribution in [0.25, 0.3) is 0 Å². The van der Waals surface area contributed by atoms with Crippen molar-refractivity contribution in [2.75, 3.05) is 5.32 Å². The zero-order valence-corrected chi connectivity index (χ0v) is 13.4. The molecule has 1 aromatic carbocycles. The molecule has 0 fully saturated rings. The van der Waals surface area contributed by atoms with E-state index in [1.165, 1.54) is 24.3 Å². The van der Waals surface area contributed by atoms with Gasteiger partial charge in [0.1, 0.15) is 0 Å². The molecule has 0 saturated carbocycles. The fourth-order valence-electron chi connectivity index (χ4n) is 1.33. The van der Waals surface area contributed by atoms with E-state index in [9.17, 15) is 13.2 Å². The summed E-state index contributed by atoms with van der Waals surface area (Å²) in [6, 6.07) is 5.60. The van der Waals surface area contributed by atoms with Gasteiger partial charge in [0.15, 0.2) is 4.84 Å². The maximum atomic E-state index is 12.0. The lowest BCUT2D eigenvalue weighted by Crippen LogP contribution is -2.31. The third-order valence-corrected chi connectivity index (χ3v) is 4.60. The fraction of sp³-hybridized carbons (Fsp3) is 0.417. The highest BCUT2D eigenvalue weighted by molar-refractivity contribution is 7.89. The summed E-state index contributed by atoms with van der Waals surface area (Å²) in [5.41, 5.74) is 0.420. The molecule has 0 aliphatic heterocycles. The highest BCUT2D eigenvalue weighted by atomic mass is 35.5. The van der Waals surface area contributed by atoms with E-state index in [-0.39, 0.29) is 10.9 Å². The highest BCUT2D eigenvalue weighted by Gasteiger charge is 2.17. The predicted octanol–water partition coefficient (Wildman–Crippen LogP) is 2.51. The van der Waals surface area contributed by atoms with Gasteiger partial charge in [-0.1, -0.05) is 30.1 Å². The van der Waals surface area contributed by atoms with Crippen molar-refractivity contribution >= 4 is 44.8 Å². The van der Waals surface area contributed by atoms with Crippen LogP contribution in [0.2, 0.25) is 0 Å². The number of anilines is 1. The van der Waals surface area contributed by atoms with Crippen LogP contribution >= 0.6 is 23.2 Å². The number of carbonyl (C=O) groups excluding carboxylic acids is 1. The molecule has 8 heteroatoms. The van der Waals surface area contributed by atoms with Gasteiger partial charge in [0.25, 0.3) is 5.91 Å². The molecular formula is C12H16Cl2N2O3S. The summed E-state index contributed by atoms with van der Waals surface area (Å²) in [6.07, 6.45) is 0.695. The zero-order chi connectivity index (χ0) is 15.3. The first-order valence-corrected chi connectivity index (χ1v) is 8.33. The Hall–Kier alpha value is -0.820. The van der Waals surface area contributed by atoms with Crippen molar-refractivity contribution in [3.8, 4) is 0 Å². The van der Waals surface area contributed by atoms with Crippen molar-refractivity contribution < 1.29 is 13.2 Å². The number of rotatable bonds is 6. The Morgan fingerprint density at radius 3 is 2.25 bits per heavy atom. The third kappa shape index (κ3) is 4.94. The van der Waals surface area contributed by atoms with Gasteiger partial charge >= 0.3 is 0 Å². The Kier molecular flexibility index (Phi) is 6.26. The first kappa shape index (κ1) is 17.2. The van der Waals surface area contributed by atoms with E-state index in [1.54, 1.807) is 6.92 Å². The van der Waals surface area contributed by atoms with Crippen LogP contribution in [0.3, 0.4) is 0 Å². The van der Waals surface area contributed by atoms with Gasteiger partial charge in [-0.3, -0.25) is 4.79 Å². The quantitative estimate of drug-likeness (QED) is 0.782. The second-order valence-corrected chi connectivity index (χ2v) is 7.06. The summed E-state index contributed by atoms with van der Waals surface area (Å²) < 4.78 is 26.5. The molecule has 0 aliphatic rings. The van der Waals surface area contributed by atoms with Crippen LogP contribution < -0.4 is 10.0 Å². The zero-order valence-electron chi connectivity index (χ0n) is 11.1. The first-order valence-electron chi connectivity index (χ1n) is 5.97. The molecule has 1 unspecified atom stereocenters. The highest BCUT2D eigenvalue weighted by Crippen LogP contribution is 2.16. The van der Waals surface area contributed by atoms with Crippen molar-refractivity contribution in [2.24, 2.45) is 0 Å². The fourth-order valence-corrected chi connectivity index (χ4v) is 2.77. The number of sulfonamides is 1. The number of amides is 1. The molecule has 2 N–H and O–H groups in total. The molecule has 0 aliphatic carbocycles. The third-order valence-electron chi connectivity index (χ3n) is 2.60. The molecule has 1 aromatic rings. The van der Waals surface area contributed by atoms with Crippen LogP contribution in [0.4, 0.5) is 5.69 Å². The minimum absolute atomic E-state index is 0.129. The first-order chi connectivity index (χ1) is 9.26. The summed E-state index contributed by atoms with van der Waals surface area (Å²) in [6.45, 7) is 3.67. The molecule has 0 spiro atoms. The Morgan fingerprint density at radius 1 is 1.25 bits per heavy atom. The van der Waals surface area contributed by atoms with Gasteiger partial charge in [-0.05, 0) is 37.6 Å². The van der Waals surface area contributed by atoms with E-state index < -0.39 is 20.8 Å². The van der Waals surface area contributed by atoms with Gasteiger partial charge < -0.3 is 5.32 Å². The summed E-state index contributed by atoms with van der Waals surface area (Å²) in [7, 11) is -3.55. The Balaban J connectivity index is 2.83. The molecule has 1 rings (SSSR count). The SMILES string of the molecule is CCC(C)NS(=O)(=O)c1ccc(NC(=O)C(Cl)Cl)cc1. The molecule has 0 bridgehead atoms. The maximum absolute atomic E-state index is 12.0. The Bertz CT molecular complexity index is 559. The van der Waals surface area contributed by atoms with Crippen LogP contribution in [0.15, 0.2) is 29.2 Å². The van der Waals surface area contributed by atoms with Gasteiger partial charge in [0.2, 0.25) is 10.0 Å². The minimum atomic E-state index is -3.55. The average Bonchev–Trinajstić information content (AvgIpc) is 2.38. The van der Waals surface area contributed by atoms with Crippen molar-refractivity contribution in [1.29, 1.82) is 0 Å². The largest absolute Gasteiger partial charge is 0.324 e. The predicted molar refractivity (Wildman–Crippen MR) is 80.6 cm³/mol. The van der Waals surface area contributed by atoms with Crippen LogP contribution in [-0.4, -0.2) is 25.2 Å². The number of halogens is 2. The number of carbonyl (C=O) groups is 1. The molecule has 0 radical (unpaired) electrons. The van der Waals surface area contributed by atoms with Gasteiger partial charge in [-0.2, -0.15) is 0 Å². The van der Waals surface area contributed by atoms with E-state index in [1.807, 2.05) is 6.92 Å². The smallest absolute Gasteiger partial charge is 0.257 e. The number of benzene rings is 1. The van der Waals surface area contributed by atoms with Crippen molar-refractivity contribution in [1.82, 2.24) is 4.72 Å². The van der Waals surface area contributed by atoms with Crippen LogP contribution in [0.5, 0.6) is 0 Å². The van der Waals surface area contributed by atoms with E-state index in [0.717, 1.165) is 0 Å². The molecule has 0 aromatic heterocycles. The molecule has 112 valence electrons. The van der Waals surface area contributed by atoms with Crippen LogP contribution in [0.1, 0.15) is 20.3 Å². The van der Waals surface area contributed by atoms with Crippen LogP contribution in [-0.2, 0) is 14.8 Å². The molecule has 0 heterocycles. The van der Waals surface area contributed by atoms with Gasteiger partial charge in [-0.25, -0.2) is 13.1 Å². The molecular weight excluding hydrogens is 323 g/mol. The molecule has 1 amide bonds. The Labute approximate surface area is 128 Å². The van der Waals surface area contributed by atoms with Gasteiger partial charge in [0, 0.05) is 11.7 Å². The molecule has 1 atom stereocenters. The lowest BCUT2D eigenvalue weighted by atomic mass is 10.3. The van der Waals surface area contributed by atoms with E-state index in [0.29, 0.717) is 12.1 Å². The van der Waals surface area contributed by atoms with Crippen molar-refractivity contribution in [2.45, 2.75) is 36.0 Å². The summed E-state index contributed by atoms with van der Waals surface area (Å²) in [5.74, 6) is -0.568. The summed E-state index contributed by atoms with van der Waals surface area (Å²) in [5, 5.41) is 2.45. The summed E-state index contributed by atoms with van der Waals surface area (Å²) >= 11 is 10.8. The topological polar surface area (TPSA) is 75.3 Å². The van der Waals surface area contributed by atoms with E-state index in [4.69, 9.17) is 23.2 Å². The van der Waals surface area contributed by atoms with Gasteiger partial charge in [-0.15, -0.1) is 0 Å². The minimum Gasteiger partial charge on any atom is -0.324 e. The standard InChI is InChI=1S/C12H16Cl2N2O3S/c1-3-8(2)16-20(18,19)10-6-4-9(5-7-10)15-12(17)11(13)14/h4-8,11,16H,3H2,1-2H3,(H,15,17). The second-order valence-electron chi connectivity index (χ2n) is 4.24. The normalized spacial score (nSPS) is 13.2. The van der Waals surface area contributed by atoms with Crippen LogP contribution in [0, 0.1) is 0 Å². The summed E-state index contributed by atoms with van der Waals surface area (Å²) in [4.78, 5) is 10.2. The number of nitrogens with one attached hydrogen (secondary N) is 2. The van der Waals surface area contributed by atoms with Crippen molar-refractivity contribution in [3.05, 3.63) is 24.3 Å². The molecule has 0 saturated heterocycles. The Morgan fingerprint density at radius 2 is 1.80 bits per heavy atom. The number of hydrogen-bond donors (Lipinski definition) is 2. The lowest BCUT2D eigenvalue weighted by molar-refractivity contribution is -0.114. The average molecular weight is 339 g/mol. The monoisotopic (exact) mass is 338 g/mol. The van der Waals surface area contributed by atoms with Crippen molar-refractivity contribution in [3.63, 3.8) is 0 Å². The molecule has 20 heavy (non-hydrogen) atoms. The second kappa shape index (κ2) is 7.26. The molecule has 5 nitrogen and oxygen atoms in total. The number of hydrogen-bond acceptors (Lipinski definition) is 3. The number of alkyl halides is 2. The van der Waals surface area contributed by atoms with Gasteiger partial charge in [0.05, 0.1) is 4.90 Å².